The van der Waals surface area contributed by atoms with E-state index in [-0.39, 0.29) is 17.3 Å². The predicted octanol–water partition coefficient (Wildman–Crippen LogP) is 2.59. The molecule has 24 heavy (non-hydrogen) atoms. The summed E-state index contributed by atoms with van der Waals surface area (Å²) in [6.45, 7) is 1.63. The van der Waals surface area contributed by atoms with Gasteiger partial charge in [0.1, 0.15) is 5.75 Å². The van der Waals surface area contributed by atoms with E-state index >= 15 is 0 Å². The summed E-state index contributed by atoms with van der Waals surface area (Å²) < 4.78 is 37.9. The van der Waals surface area contributed by atoms with Crippen molar-refractivity contribution in [1.29, 1.82) is 0 Å². The summed E-state index contributed by atoms with van der Waals surface area (Å²) in [5, 5.41) is 9.67. The number of rotatable bonds is 6. The van der Waals surface area contributed by atoms with Gasteiger partial charge in [-0.3, -0.25) is 0 Å². The van der Waals surface area contributed by atoms with Crippen LogP contribution in [-0.4, -0.2) is 25.7 Å². The third-order valence-electron chi connectivity index (χ3n) is 3.28. The molecule has 0 radical (unpaired) electrons. The Bertz CT molecular complexity index is 934. The molecule has 9 heteroatoms. The molecule has 1 N–H and O–H groups in total. The van der Waals surface area contributed by atoms with Crippen molar-refractivity contribution in [1.82, 2.24) is 14.9 Å². The summed E-state index contributed by atoms with van der Waals surface area (Å²) in [5.74, 6) is 1.18. The van der Waals surface area contributed by atoms with E-state index in [4.69, 9.17) is 9.15 Å². The van der Waals surface area contributed by atoms with E-state index in [1.807, 2.05) is 17.5 Å². The number of benzene rings is 1. The van der Waals surface area contributed by atoms with Crippen LogP contribution in [0.4, 0.5) is 0 Å². The molecular weight excluding hydrogens is 350 g/mol. The van der Waals surface area contributed by atoms with Crippen molar-refractivity contribution in [2.24, 2.45) is 0 Å². The number of ether oxygens (including phenoxy) is 1. The molecule has 3 aromatic rings. The van der Waals surface area contributed by atoms with Gasteiger partial charge in [-0.25, -0.2) is 13.1 Å². The van der Waals surface area contributed by atoms with Crippen LogP contribution in [0.2, 0.25) is 0 Å². The minimum Gasteiger partial charge on any atom is -0.497 e. The van der Waals surface area contributed by atoms with Crippen LogP contribution in [0.5, 0.6) is 5.75 Å². The Morgan fingerprint density at radius 1 is 1.29 bits per heavy atom. The molecule has 1 aromatic carbocycles. The number of methoxy groups -OCH3 is 1. The lowest BCUT2D eigenvalue weighted by Gasteiger charge is -2.09. The molecule has 2 aromatic heterocycles. The topological polar surface area (TPSA) is 94.3 Å². The fourth-order valence-electron chi connectivity index (χ4n) is 2.11. The highest BCUT2D eigenvalue weighted by Gasteiger charge is 2.19. The van der Waals surface area contributed by atoms with Crippen molar-refractivity contribution in [3.05, 3.63) is 47.2 Å². The van der Waals surface area contributed by atoms with E-state index in [2.05, 4.69) is 14.9 Å². The normalized spacial score (nSPS) is 11.6. The van der Waals surface area contributed by atoms with Crippen LogP contribution in [0.3, 0.4) is 0 Å². The van der Waals surface area contributed by atoms with Crippen LogP contribution in [0, 0.1) is 6.92 Å². The smallest absolute Gasteiger partial charge is 0.257 e. The van der Waals surface area contributed by atoms with E-state index in [9.17, 15) is 8.42 Å². The molecule has 0 spiro atoms. The number of aromatic nitrogens is 2. The maximum atomic E-state index is 12.4. The molecule has 0 aliphatic heterocycles. The minimum atomic E-state index is -3.69. The Morgan fingerprint density at radius 2 is 2.12 bits per heavy atom. The average Bonchev–Trinajstić information content (AvgIpc) is 3.23. The molecule has 0 saturated carbocycles. The first-order valence-corrected chi connectivity index (χ1v) is 9.36. The van der Waals surface area contributed by atoms with Crippen LogP contribution in [0.15, 0.2) is 45.0 Å². The van der Waals surface area contributed by atoms with Crippen molar-refractivity contribution < 1.29 is 17.6 Å². The lowest BCUT2D eigenvalue weighted by molar-refractivity contribution is 0.414. The van der Waals surface area contributed by atoms with Crippen LogP contribution >= 0.6 is 11.3 Å². The van der Waals surface area contributed by atoms with Gasteiger partial charge in [-0.05, 0) is 42.1 Å². The largest absolute Gasteiger partial charge is 0.497 e. The first-order chi connectivity index (χ1) is 11.5. The van der Waals surface area contributed by atoms with Crippen LogP contribution in [0.1, 0.15) is 11.5 Å². The third kappa shape index (κ3) is 3.48. The second-order valence-corrected chi connectivity index (χ2v) is 7.62. The van der Waals surface area contributed by atoms with E-state index < -0.39 is 10.0 Å². The Balaban J connectivity index is 1.74. The quantitative estimate of drug-likeness (QED) is 0.721. The molecule has 3 rings (SSSR count). The number of hydrogen-bond acceptors (Lipinski definition) is 7. The van der Waals surface area contributed by atoms with E-state index in [0.29, 0.717) is 17.2 Å². The van der Waals surface area contributed by atoms with Crippen molar-refractivity contribution in [2.45, 2.75) is 18.4 Å². The summed E-state index contributed by atoms with van der Waals surface area (Å²) >= 11 is 1.47. The standard InChI is InChI=1S/C15H15N3O4S2/c1-10-8-11(21-2)5-6-13(10)24(19,20)16-9-14-17-18-15(22-14)12-4-3-7-23-12/h3-8,16H,9H2,1-2H3. The van der Waals surface area contributed by atoms with Crippen molar-refractivity contribution in [3.8, 4) is 16.5 Å². The maximum absolute atomic E-state index is 12.4. The Labute approximate surface area is 143 Å². The molecule has 126 valence electrons. The molecule has 0 aliphatic carbocycles. The zero-order valence-corrected chi connectivity index (χ0v) is 14.6. The number of aryl methyl sites for hydroxylation is 1. The van der Waals surface area contributed by atoms with Crippen LogP contribution in [0.25, 0.3) is 10.8 Å². The zero-order valence-electron chi connectivity index (χ0n) is 13.0. The Kier molecular flexibility index (Phi) is 4.65. The fraction of sp³-hybridized carbons (Fsp3) is 0.200. The summed E-state index contributed by atoms with van der Waals surface area (Å²) in [4.78, 5) is 1.02. The van der Waals surface area contributed by atoms with Gasteiger partial charge in [0.2, 0.25) is 15.9 Å². The molecule has 0 amide bonds. The lowest BCUT2D eigenvalue weighted by atomic mass is 10.2. The third-order valence-corrected chi connectivity index (χ3v) is 5.70. The molecule has 0 atom stereocenters. The van der Waals surface area contributed by atoms with E-state index in [0.717, 1.165) is 4.88 Å². The predicted molar refractivity (Wildman–Crippen MR) is 89.4 cm³/mol. The van der Waals surface area contributed by atoms with E-state index in [1.165, 1.54) is 24.5 Å². The Morgan fingerprint density at radius 3 is 2.79 bits per heavy atom. The van der Waals surface area contributed by atoms with Gasteiger partial charge in [0.05, 0.1) is 23.4 Å². The molecular formula is C15H15N3O4S2. The summed E-state index contributed by atoms with van der Waals surface area (Å²) in [6.07, 6.45) is 0. The number of nitrogens with one attached hydrogen (secondary N) is 1. The van der Waals surface area contributed by atoms with Crippen LogP contribution < -0.4 is 9.46 Å². The second-order valence-electron chi connectivity index (χ2n) is 4.93. The molecule has 0 fully saturated rings. The van der Waals surface area contributed by atoms with Gasteiger partial charge >= 0.3 is 0 Å². The van der Waals surface area contributed by atoms with Crippen molar-refractivity contribution in [2.75, 3.05) is 7.11 Å². The summed E-state index contributed by atoms with van der Waals surface area (Å²) in [7, 11) is -2.16. The molecule has 0 aliphatic rings. The van der Waals surface area contributed by atoms with Crippen molar-refractivity contribution >= 4 is 21.4 Å². The maximum Gasteiger partial charge on any atom is 0.257 e. The van der Waals surface area contributed by atoms with Gasteiger partial charge in [-0.1, -0.05) is 6.07 Å². The number of sulfonamides is 1. The monoisotopic (exact) mass is 365 g/mol. The molecule has 2 heterocycles. The number of nitrogens with zero attached hydrogens (tertiary/aromatic N) is 2. The Hall–Kier alpha value is -2.23. The van der Waals surface area contributed by atoms with Crippen LogP contribution in [-0.2, 0) is 16.6 Å². The van der Waals surface area contributed by atoms with Gasteiger partial charge in [-0.2, -0.15) is 0 Å². The van der Waals surface area contributed by atoms with Gasteiger partial charge in [0.25, 0.3) is 5.89 Å². The lowest BCUT2D eigenvalue weighted by Crippen LogP contribution is -2.24. The van der Waals surface area contributed by atoms with Gasteiger partial charge in [0, 0.05) is 0 Å². The van der Waals surface area contributed by atoms with Crippen molar-refractivity contribution in [3.63, 3.8) is 0 Å². The van der Waals surface area contributed by atoms with Gasteiger partial charge < -0.3 is 9.15 Å². The molecule has 0 saturated heterocycles. The highest BCUT2D eigenvalue weighted by Crippen LogP contribution is 2.23. The molecule has 0 unspecified atom stereocenters. The molecule has 0 bridgehead atoms. The minimum absolute atomic E-state index is 0.0772. The number of thiophene rings is 1. The van der Waals surface area contributed by atoms with E-state index in [1.54, 1.807) is 19.1 Å². The highest BCUT2D eigenvalue weighted by atomic mass is 32.2. The summed E-state index contributed by atoms with van der Waals surface area (Å²) in [5.41, 5.74) is 0.589. The first kappa shape index (κ1) is 16.6. The summed E-state index contributed by atoms with van der Waals surface area (Å²) in [6, 6.07) is 8.49. The number of hydrogen-bond donors (Lipinski definition) is 1. The first-order valence-electron chi connectivity index (χ1n) is 7.00. The SMILES string of the molecule is COc1ccc(S(=O)(=O)NCc2nnc(-c3cccs3)o2)c(C)c1. The van der Waals surface area contributed by atoms with Gasteiger partial charge in [0.15, 0.2) is 0 Å². The zero-order chi connectivity index (χ0) is 17.2. The second kappa shape index (κ2) is 6.71. The molecule has 7 nitrogen and oxygen atoms in total. The average molecular weight is 365 g/mol. The fourth-order valence-corrected chi connectivity index (χ4v) is 3.95. The van der Waals surface area contributed by atoms with Gasteiger partial charge in [-0.15, -0.1) is 21.5 Å². The highest BCUT2D eigenvalue weighted by molar-refractivity contribution is 7.89.